The van der Waals surface area contributed by atoms with E-state index in [-0.39, 0.29) is 5.91 Å². The molecule has 1 aliphatic rings. The third-order valence-electron chi connectivity index (χ3n) is 2.84. The molecule has 1 saturated carbocycles. The molecule has 1 aromatic rings. The predicted octanol–water partition coefficient (Wildman–Crippen LogP) is 2.76. The maximum Gasteiger partial charge on any atom is 0.225 e. The van der Waals surface area contributed by atoms with Gasteiger partial charge in [-0.2, -0.15) is 0 Å². The Hall–Kier alpha value is -0.970. The second-order valence-corrected chi connectivity index (χ2v) is 4.94. The van der Waals surface area contributed by atoms with E-state index in [0.29, 0.717) is 22.8 Å². The van der Waals surface area contributed by atoms with Crippen molar-refractivity contribution < 1.29 is 4.79 Å². The van der Waals surface area contributed by atoms with E-state index < -0.39 is 0 Å². The molecule has 0 aliphatic heterocycles. The number of amides is 1. The summed E-state index contributed by atoms with van der Waals surface area (Å²) < 4.78 is 0.668. The van der Waals surface area contributed by atoms with Crippen LogP contribution in [0.3, 0.4) is 0 Å². The van der Waals surface area contributed by atoms with Crippen molar-refractivity contribution in [1.82, 2.24) is 9.97 Å². The van der Waals surface area contributed by atoms with Gasteiger partial charge in [-0.05, 0) is 34.7 Å². The minimum atomic E-state index is 0.0449. The van der Waals surface area contributed by atoms with Gasteiger partial charge in [0.1, 0.15) is 4.60 Å². The summed E-state index contributed by atoms with van der Waals surface area (Å²) in [6, 6.07) is 0. The largest absolute Gasteiger partial charge is 0.309 e. The van der Waals surface area contributed by atoms with Crippen LogP contribution in [0.15, 0.2) is 17.0 Å². The molecule has 0 unspecified atom stereocenters. The number of rotatable bonds is 3. The van der Waals surface area contributed by atoms with Gasteiger partial charge in [-0.15, -0.1) is 0 Å². The van der Waals surface area contributed by atoms with Crippen molar-refractivity contribution in [2.75, 3.05) is 5.32 Å². The zero-order valence-electron chi connectivity index (χ0n) is 8.95. The van der Waals surface area contributed by atoms with Crippen LogP contribution in [0.1, 0.15) is 32.1 Å². The van der Waals surface area contributed by atoms with E-state index in [2.05, 4.69) is 31.2 Å². The van der Waals surface area contributed by atoms with E-state index in [4.69, 9.17) is 0 Å². The topological polar surface area (TPSA) is 54.9 Å². The van der Waals surface area contributed by atoms with E-state index >= 15 is 0 Å². The lowest BCUT2D eigenvalue weighted by Crippen LogP contribution is -2.16. The fourth-order valence-electron chi connectivity index (χ4n) is 2.05. The molecule has 1 amide bonds. The molecule has 1 aromatic heterocycles. The summed E-state index contributed by atoms with van der Waals surface area (Å²) >= 11 is 3.20. The molecule has 1 fully saturated rings. The molecule has 0 radical (unpaired) electrons. The lowest BCUT2D eigenvalue weighted by Gasteiger charge is -2.08. The van der Waals surface area contributed by atoms with Crippen LogP contribution >= 0.6 is 15.9 Å². The predicted molar refractivity (Wildman–Crippen MR) is 64.9 cm³/mol. The highest BCUT2D eigenvalue weighted by atomic mass is 79.9. The van der Waals surface area contributed by atoms with Crippen LogP contribution in [0.2, 0.25) is 0 Å². The average Bonchev–Trinajstić information content (AvgIpc) is 2.74. The Bertz CT molecular complexity index is 360. The van der Waals surface area contributed by atoms with Crippen molar-refractivity contribution >= 4 is 27.7 Å². The minimum Gasteiger partial charge on any atom is -0.309 e. The monoisotopic (exact) mass is 283 g/mol. The Balaban J connectivity index is 1.84. The first-order chi connectivity index (χ1) is 7.74. The maximum atomic E-state index is 11.7. The number of hydrogen-bond acceptors (Lipinski definition) is 3. The number of nitrogens with one attached hydrogen (secondary N) is 1. The molecule has 0 bridgehead atoms. The van der Waals surface area contributed by atoms with Crippen molar-refractivity contribution in [1.29, 1.82) is 0 Å². The smallest absolute Gasteiger partial charge is 0.225 e. The zero-order valence-corrected chi connectivity index (χ0v) is 10.5. The SMILES string of the molecule is O=C(CC1CCCC1)Nc1cnc(Br)cn1. The summed E-state index contributed by atoms with van der Waals surface area (Å²) in [5.41, 5.74) is 0. The molecule has 1 aliphatic carbocycles. The molecule has 4 nitrogen and oxygen atoms in total. The van der Waals surface area contributed by atoms with Crippen LogP contribution in [0.5, 0.6) is 0 Å². The highest BCUT2D eigenvalue weighted by Gasteiger charge is 2.18. The van der Waals surface area contributed by atoms with Gasteiger partial charge in [-0.1, -0.05) is 12.8 Å². The average molecular weight is 284 g/mol. The second-order valence-electron chi connectivity index (χ2n) is 4.13. The third kappa shape index (κ3) is 3.27. The van der Waals surface area contributed by atoms with Gasteiger partial charge in [0, 0.05) is 6.42 Å². The van der Waals surface area contributed by atoms with Crippen LogP contribution < -0.4 is 5.32 Å². The van der Waals surface area contributed by atoms with Gasteiger partial charge >= 0.3 is 0 Å². The van der Waals surface area contributed by atoms with Crippen LogP contribution in [0.25, 0.3) is 0 Å². The quantitative estimate of drug-likeness (QED) is 0.928. The van der Waals surface area contributed by atoms with Gasteiger partial charge in [0.2, 0.25) is 5.91 Å². The van der Waals surface area contributed by atoms with Crippen molar-refractivity contribution in [3.05, 3.63) is 17.0 Å². The molecule has 0 saturated heterocycles. The third-order valence-corrected chi connectivity index (χ3v) is 3.25. The molecule has 0 spiro atoms. The van der Waals surface area contributed by atoms with Gasteiger partial charge in [-0.25, -0.2) is 9.97 Å². The fourth-order valence-corrected chi connectivity index (χ4v) is 2.25. The maximum absolute atomic E-state index is 11.7. The summed E-state index contributed by atoms with van der Waals surface area (Å²) in [6.45, 7) is 0. The number of hydrogen-bond donors (Lipinski definition) is 1. The summed E-state index contributed by atoms with van der Waals surface area (Å²) in [6.07, 6.45) is 8.62. The lowest BCUT2D eigenvalue weighted by atomic mass is 10.0. The van der Waals surface area contributed by atoms with Crippen LogP contribution in [0.4, 0.5) is 5.82 Å². The van der Waals surface area contributed by atoms with Crippen molar-refractivity contribution in [2.45, 2.75) is 32.1 Å². The van der Waals surface area contributed by atoms with E-state index in [1.54, 1.807) is 12.4 Å². The Morgan fingerprint density at radius 1 is 1.38 bits per heavy atom. The van der Waals surface area contributed by atoms with Crippen LogP contribution in [0, 0.1) is 5.92 Å². The minimum absolute atomic E-state index is 0.0449. The van der Waals surface area contributed by atoms with Crippen LogP contribution in [-0.4, -0.2) is 15.9 Å². The van der Waals surface area contributed by atoms with Gasteiger partial charge in [0.15, 0.2) is 5.82 Å². The summed E-state index contributed by atoms with van der Waals surface area (Å²) in [5, 5.41) is 2.76. The van der Waals surface area contributed by atoms with E-state index in [1.807, 2.05) is 0 Å². The van der Waals surface area contributed by atoms with Crippen molar-refractivity contribution in [3.63, 3.8) is 0 Å². The normalized spacial score (nSPS) is 16.3. The van der Waals surface area contributed by atoms with Gasteiger partial charge in [0.25, 0.3) is 0 Å². The number of aromatic nitrogens is 2. The number of anilines is 1. The Labute approximate surface area is 103 Å². The fraction of sp³-hybridized carbons (Fsp3) is 0.545. The van der Waals surface area contributed by atoms with E-state index in [0.717, 1.165) is 0 Å². The highest BCUT2D eigenvalue weighted by Crippen LogP contribution is 2.27. The first-order valence-electron chi connectivity index (χ1n) is 5.51. The number of nitrogens with zero attached hydrogens (tertiary/aromatic N) is 2. The molecule has 86 valence electrons. The molecular weight excluding hydrogens is 270 g/mol. The summed E-state index contributed by atoms with van der Waals surface area (Å²) in [7, 11) is 0. The Morgan fingerprint density at radius 3 is 2.75 bits per heavy atom. The summed E-state index contributed by atoms with van der Waals surface area (Å²) in [4.78, 5) is 19.7. The van der Waals surface area contributed by atoms with E-state index in [1.165, 1.54) is 25.7 Å². The van der Waals surface area contributed by atoms with Gasteiger partial charge in [0.05, 0.1) is 12.4 Å². The van der Waals surface area contributed by atoms with E-state index in [9.17, 15) is 4.79 Å². The molecule has 0 atom stereocenters. The second kappa shape index (κ2) is 5.39. The number of carbonyl (C=O) groups excluding carboxylic acids is 1. The van der Waals surface area contributed by atoms with Crippen LogP contribution in [-0.2, 0) is 4.79 Å². The lowest BCUT2D eigenvalue weighted by molar-refractivity contribution is -0.117. The zero-order chi connectivity index (χ0) is 11.4. The molecule has 1 heterocycles. The molecule has 2 rings (SSSR count). The standard InChI is InChI=1S/C11H14BrN3O/c12-9-6-14-10(7-13-9)15-11(16)5-8-3-1-2-4-8/h6-8H,1-5H2,(H,14,15,16). The molecule has 1 N–H and O–H groups in total. The molecule has 16 heavy (non-hydrogen) atoms. The molecular formula is C11H14BrN3O. The first-order valence-corrected chi connectivity index (χ1v) is 6.31. The van der Waals surface area contributed by atoms with Gasteiger partial charge in [-0.3, -0.25) is 4.79 Å². The van der Waals surface area contributed by atoms with Crippen molar-refractivity contribution in [3.8, 4) is 0 Å². The molecule has 5 heteroatoms. The highest BCUT2D eigenvalue weighted by molar-refractivity contribution is 9.10. The Kier molecular flexibility index (Phi) is 3.88. The van der Waals surface area contributed by atoms with Crippen molar-refractivity contribution in [2.24, 2.45) is 5.92 Å². The number of halogens is 1. The summed E-state index contributed by atoms with van der Waals surface area (Å²) in [5.74, 6) is 1.12. The first kappa shape index (κ1) is 11.5. The molecule has 0 aromatic carbocycles. The Morgan fingerprint density at radius 2 is 2.12 bits per heavy atom. The number of carbonyl (C=O) groups is 1. The van der Waals surface area contributed by atoms with Gasteiger partial charge < -0.3 is 5.32 Å².